The summed E-state index contributed by atoms with van der Waals surface area (Å²) in [4.78, 5) is 15.6. The molecule has 0 spiro atoms. The molecular weight excluding hydrogens is 190 g/mol. The fourth-order valence-electron chi connectivity index (χ4n) is 2.42. The molecule has 15 heavy (non-hydrogen) atoms. The van der Waals surface area contributed by atoms with Crippen LogP contribution in [0.25, 0.3) is 0 Å². The summed E-state index contributed by atoms with van der Waals surface area (Å²) in [5.74, 6) is 0.777. The molecule has 0 aromatic carbocycles. The molecule has 2 heterocycles. The molecule has 0 radical (unpaired) electrons. The molecular formula is C11H21N3O. The first kappa shape index (κ1) is 10.7. The standard InChI is InChI=1S/C11H21N3O/c1-9-8-14(11(15)13(9)2)6-4-10-3-5-12-7-10/h9-10,12H,3-8H2,1-2H3. The van der Waals surface area contributed by atoms with Gasteiger partial charge in [0, 0.05) is 26.2 Å². The van der Waals surface area contributed by atoms with E-state index in [-0.39, 0.29) is 6.03 Å². The number of hydrogen-bond acceptors (Lipinski definition) is 2. The van der Waals surface area contributed by atoms with Gasteiger partial charge in [0.15, 0.2) is 0 Å². The third-order valence-electron chi connectivity index (χ3n) is 3.69. The summed E-state index contributed by atoms with van der Waals surface area (Å²) >= 11 is 0. The molecule has 4 nitrogen and oxygen atoms in total. The Labute approximate surface area is 91.6 Å². The largest absolute Gasteiger partial charge is 0.323 e. The van der Waals surface area contributed by atoms with Crippen molar-refractivity contribution in [1.82, 2.24) is 15.1 Å². The normalized spacial score (nSPS) is 31.7. The van der Waals surface area contributed by atoms with Crippen molar-refractivity contribution in [2.24, 2.45) is 5.92 Å². The Morgan fingerprint density at radius 1 is 1.53 bits per heavy atom. The zero-order valence-corrected chi connectivity index (χ0v) is 9.70. The van der Waals surface area contributed by atoms with E-state index < -0.39 is 0 Å². The van der Waals surface area contributed by atoms with Gasteiger partial charge in [0.05, 0.1) is 0 Å². The van der Waals surface area contributed by atoms with E-state index in [4.69, 9.17) is 0 Å². The number of urea groups is 1. The van der Waals surface area contributed by atoms with E-state index in [0.717, 1.165) is 38.5 Å². The van der Waals surface area contributed by atoms with Gasteiger partial charge in [-0.15, -0.1) is 0 Å². The van der Waals surface area contributed by atoms with Crippen molar-refractivity contribution in [1.29, 1.82) is 0 Å². The minimum Gasteiger partial charge on any atom is -0.323 e. The van der Waals surface area contributed by atoms with Crippen molar-refractivity contribution >= 4 is 6.03 Å². The zero-order valence-electron chi connectivity index (χ0n) is 9.70. The fraction of sp³-hybridized carbons (Fsp3) is 0.909. The van der Waals surface area contributed by atoms with Gasteiger partial charge in [0.25, 0.3) is 0 Å². The monoisotopic (exact) mass is 211 g/mol. The second-order valence-electron chi connectivity index (χ2n) is 4.84. The maximum Gasteiger partial charge on any atom is 0.320 e. The Morgan fingerprint density at radius 3 is 2.87 bits per heavy atom. The van der Waals surface area contributed by atoms with E-state index in [0.29, 0.717) is 6.04 Å². The number of rotatable bonds is 3. The quantitative estimate of drug-likeness (QED) is 0.747. The molecule has 0 aromatic heterocycles. The van der Waals surface area contributed by atoms with Gasteiger partial charge in [0.1, 0.15) is 0 Å². The SMILES string of the molecule is CC1CN(CCC2CCNC2)C(=O)N1C. The third kappa shape index (κ3) is 2.25. The third-order valence-corrected chi connectivity index (χ3v) is 3.69. The second kappa shape index (κ2) is 4.39. The molecule has 0 bridgehead atoms. The van der Waals surface area contributed by atoms with E-state index in [1.807, 2.05) is 16.8 Å². The van der Waals surface area contributed by atoms with Crippen LogP contribution in [0.4, 0.5) is 4.79 Å². The van der Waals surface area contributed by atoms with Crippen molar-refractivity contribution < 1.29 is 4.79 Å². The number of hydrogen-bond donors (Lipinski definition) is 1. The van der Waals surface area contributed by atoms with Gasteiger partial charge in [-0.2, -0.15) is 0 Å². The van der Waals surface area contributed by atoms with Crippen molar-refractivity contribution in [3.05, 3.63) is 0 Å². The molecule has 2 rings (SSSR count). The molecule has 2 unspecified atom stereocenters. The predicted octanol–water partition coefficient (Wildman–Crippen LogP) is 0.742. The van der Waals surface area contributed by atoms with E-state index in [1.54, 1.807) is 0 Å². The second-order valence-corrected chi connectivity index (χ2v) is 4.84. The Bertz CT molecular complexity index is 238. The van der Waals surface area contributed by atoms with Crippen LogP contribution in [0.5, 0.6) is 0 Å². The number of carbonyl (C=O) groups is 1. The highest BCUT2D eigenvalue weighted by atomic mass is 16.2. The number of carbonyl (C=O) groups excluding carboxylic acids is 1. The van der Waals surface area contributed by atoms with Crippen LogP contribution >= 0.6 is 0 Å². The first-order valence-corrected chi connectivity index (χ1v) is 5.91. The highest BCUT2D eigenvalue weighted by Gasteiger charge is 2.31. The average Bonchev–Trinajstić information content (AvgIpc) is 2.80. The number of nitrogens with zero attached hydrogens (tertiary/aromatic N) is 2. The highest BCUT2D eigenvalue weighted by Crippen LogP contribution is 2.17. The fourth-order valence-corrected chi connectivity index (χ4v) is 2.42. The van der Waals surface area contributed by atoms with Crippen LogP contribution < -0.4 is 5.32 Å². The first-order valence-electron chi connectivity index (χ1n) is 5.91. The van der Waals surface area contributed by atoms with Crippen LogP contribution in [0.1, 0.15) is 19.8 Å². The van der Waals surface area contributed by atoms with Gasteiger partial charge >= 0.3 is 6.03 Å². The molecule has 2 fully saturated rings. The molecule has 0 aromatic rings. The molecule has 4 heteroatoms. The molecule has 2 aliphatic rings. The molecule has 86 valence electrons. The number of amides is 2. The van der Waals surface area contributed by atoms with E-state index in [2.05, 4.69) is 12.2 Å². The molecule has 2 amide bonds. The summed E-state index contributed by atoms with van der Waals surface area (Å²) < 4.78 is 0. The molecule has 0 saturated carbocycles. The summed E-state index contributed by atoms with van der Waals surface area (Å²) in [5.41, 5.74) is 0. The van der Waals surface area contributed by atoms with Crippen LogP contribution in [0.2, 0.25) is 0 Å². The Kier molecular flexibility index (Phi) is 3.14. The van der Waals surface area contributed by atoms with Crippen LogP contribution in [0.3, 0.4) is 0 Å². The summed E-state index contributed by atoms with van der Waals surface area (Å²) in [5, 5.41) is 3.36. The molecule has 2 saturated heterocycles. The zero-order chi connectivity index (χ0) is 10.8. The molecule has 0 aliphatic carbocycles. The Morgan fingerprint density at radius 2 is 2.33 bits per heavy atom. The van der Waals surface area contributed by atoms with Gasteiger partial charge in [0.2, 0.25) is 0 Å². The Hall–Kier alpha value is -0.770. The van der Waals surface area contributed by atoms with Gasteiger partial charge < -0.3 is 15.1 Å². The lowest BCUT2D eigenvalue weighted by molar-refractivity contribution is 0.194. The van der Waals surface area contributed by atoms with Crippen LogP contribution in [0, 0.1) is 5.92 Å². The smallest absolute Gasteiger partial charge is 0.320 e. The summed E-state index contributed by atoms with van der Waals surface area (Å²) in [6.45, 7) is 6.21. The van der Waals surface area contributed by atoms with Crippen LogP contribution in [-0.4, -0.2) is 55.1 Å². The number of likely N-dealkylation sites (N-methyl/N-ethyl adjacent to an activating group) is 1. The van der Waals surface area contributed by atoms with Crippen molar-refractivity contribution in [3.63, 3.8) is 0 Å². The topological polar surface area (TPSA) is 35.6 Å². The van der Waals surface area contributed by atoms with Crippen molar-refractivity contribution in [3.8, 4) is 0 Å². The molecule has 1 N–H and O–H groups in total. The van der Waals surface area contributed by atoms with Gasteiger partial charge in [-0.3, -0.25) is 0 Å². The minimum atomic E-state index is 0.202. The minimum absolute atomic E-state index is 0.202. The maximum atomic E-state index is 11.8. The van der Waals surface area contributed by atoms with Crippen LogP contribution in [-0.2, 0) is 0 Å². The first-order chi connectivity index (χ1) is 7.18. The summed E-state index contributed by atoms with van der Waals surface area (Å²) in [7, 11) is 1.89. The van der Waals surface area contributed by atoms with Gasteiger partial charge in [-0.05, 0) is 38.8 Å². The van der Waals surface area contributed by atoms with Gasteiger partial charge in [-0.1, -0.05) is 0 Å². The van der Waals surface area contributed by atoms with Gasteiger partial charge in [-0.25, -0.2) is 4.79 Å². The Balaban J connectivity index is 1.77. The average molecular weight is 211 g/mol. The maximum absolute atomic E-state index is 11.8. The molecule has 2 aliphatic heterocycles. The summed E-state index contributed by atoms with van der Waals surface area (Å²) in [6.07, 6.45) is 2.42. The van der Waals surface area contributed by atoms with E-state index in [9.17, 15) is 4.79 Å². The lowest BCUT2D eigenvalue weighted by atomic mass is 10.1. The van der Waals surface area contributed by atoms with Crippen LogP contribution in [0.15, 0.2) is 0 Å². The van der Waals surface area contributed by atoms with E-state index in [1.165, 1.54) is 6.42 Å². The van der Waals surface area contributed by atoms with E-state index >= 15 is 0 Å². The lowest BCUT2D eigenvalue weighted by Crippen LogP contribution is -2.31. The molecule has 2 atom stereocenters. The lowest BCUT2D eigenvalue weighted by Gasteiger charge is -2.17. The highest BCUT2D eigenvalue weighted by molar-refractivity contribution is 5.76. The predicted molar refractivity (Wildman–Crippen MR) is 59.8 cm³/mol. The van der Waals surface area contributed by atoms with Crippen molar-refractivity contribution in [2.45, 2.75) is 25.8 Å². The van der Waals surface area contributed by atoms with Crippen molar-refractivity contribution in [2.75, 3.05) is 33.2 Å². The summed E-state index contributed by atoms with van der Waals surface area (Å²) in [6, 6.07) is 0.577. The number of nitrogens with one attached hydrogen (secondary N) is 1.